The fourth-order valence-electron chi connectivity index (χ4n) is 2.67. The van der Waals surface area contributed by atoms with Crippen molar-refractivity contribution in [2.24, 2.45) is 0 Å². The van der Waals surface area contributed by atoms with Crippen molar-refractivity contribution in [1.82, 2.24) is 10.3 Å². The van der Waals surface area contributed by atoms with Crippen molar-refractivity contribution in [3.05, 3.63) is 80.4 Å². The molecule has 0 aliphatic rings. The largest absolute Gasteiger partial charge is 0.434 e. The molecular weight excluding hydrogens is 544 g/mol. The van der Waals surface area contributed by atoms with Gasteiger partial charge in [-0.25, -0.2) is 18.6 Å². The molecule has 184 valence electrons. The van der Waals surface area contributed by atoms with Gasteiger partial charge in [0.25, 0.3) is 5.91 Å². The third kappa shape index (κ3) is 5.92. The predicted molar refractivity (Wildman–Crippen MR) is 118 cm³/mol. The standard InChI is InChI=1S/C21H11Cl3F5N3O3/c1-32(20(34)31-18(33)16-14(25)3-2-4-15(16)26)10-6-11(22)17(12(23)7-10)35-19-13(24)5-9(8-30-19)21(27,28)29/h2-8H,1H3,(H,31,33,34). The second kappa shape index (κ2) is 10.2. The molecule has 0 unspecified atom stereocenters. The van der Waals surface area contributed by atoms with Crippen molar-refractivity contribution in [2.75, 3.05) is 11.9 Å². The van der Waals surface area contributed by atoms with E-state index in [1.807, 2.05) is 5.32 Å². The van der Waals surface area contributed by atoms with Crippen LogP contribution >= 0.6 is 34.8 Å². The third-order valence-electron chi connectivity index (χ3n) is 4.42. The van der Waals surface area contributed by atoms with Gasteiger partial charge in [-0.15, -0.1) is 0 Å². The summed E-state index contributed by atoms with van der Waals surface area (Å²) >= 11 is 18.1. The molecule has 1 aromatic heterocycles. The number of hydrogen-bond acceptors (Lipinski definition) is 4. The maximum absolute atomic E-state index is 13.8. The number of hydrogen-bond donors (Lipinski definition) is 1. The molecular formula is C21H11Cl3F5N3O3. The van der Waals surface area contributed by atoms with Crippen LogP contribution < -0.4 is 15.0 Å². The van der Waals surface area contributed by atoms with Gasteiger partial charge in [0.15, 0.2) is 5.75 Å². The van der Waals surface area contributed by atoms with E-state index in [1.165, 1.54) is 19.2 Å². The number of halogens is 8. The van der Waals surface area contributed by atoms with Crippen LogP contribution in [0.5, 0.6) is 11.6 Å². The summed E-state index contributed by atoms with van der Waals surface area (Å²) in [6, 6.07) is 4.63. The van der Waals surface area contributed by atoms with Gasteiger partial charge in [-0.1, -0.05) is 40.9 Å². The molecule has 35 heavy (non-hydrogen) atoms. The molecule has 0 bridgehead atoms. The van der Waals surface area contributed by atoms with Gasteiger partial charge in [-0.05, 0) is 30.3 Å². The van der Waals surface area contributed by atoms with Crippen LogP contribution in [-0.4, -0.2) is 24.0 Å². The Balaban J connectivity index is 1.80. The number of urea groups is 1. The van der Waals surface area contributed by atoms with Crippen molar-refractivity contribution < 1.29 is 36.3 Å². The Morgan fingerprint density at radius 2 is 1.57 bits per heavy atom. The summed E-state index contributed by atoms with van der Waals surface area (Å²) in [6.07, 6.45) is -4.17. The summed E-state index contributed by atoms with van der Waals surface area (Å²) in [7, 11) is 1.21. The summed E-state index contributed by atoms with van der Waals surface area (Å²) < 4.78 is 71.2. The molecule has 2 aromatic carbocycles. The molecule has 1 N–H and O–H groups in total. The van der Waals surface area contributed by atoms with Crippen molar-refractivity contribution in [2.45, 2.75) is 6.18 Å². The zero-order chi connectivity index (χ0) is 26.1. The number of rotatable bonds is 4. The fourth-order valence-corrected chi connectivity index (χ4v) is 3.42. The average molecular weight is 555 g/mol. The summed E-state index contributed by atoms with van der Waals surface area (Å²) in [5.41, 5.74) is -2.02. The number of alkyl halides is 3. The van der Waals surface area contributed by atoms with Crippen LogP contribution in [0.25, 0.3) is 0 Å². The molecule has 0 atom stereocenters. The number of nitrogens with zero attached hydrogens (tertiary/aromatic N) is 2. The molecule has 6 nitrogen and oxygen atoms in total. The van der Waals surface area contributed by atoms with Crippen LogP contribution in [-0.2, 0) is 6.18 Å². The lowest BCUT2D eigenvalue weighted by atomic mass is 10.2. The Hall–Kier alpha value is -3.15. The first-order chi connectivity index (χ1) is 16.3. The first-order valence-electron chi connectivity index (χ1n) is 9.22. The molecule has 3 aromatic rings. The molecule has 0 saturated carbocycles. The smallest absolute Gasteiger partial charge is 0.417 e. The van der Waals surface area contributed by atoms with E-state index < -0.39 is 51.8 Å². The number of carbonyl (C=O) groups is 2. The number of amides is 3. The second-order valence-electron chi connectivity index (χ2n) is 6.76. The third-order valence-corrected chi connectivity index (χ3v) is 5.25. The van der Waals surface area contributed by atoms with E-state index in [0.717, 1.165) is 23.1 Å². The Kier molecular flexibility index (Phi) is 7.73. The van der Waals surface area contributed by atoms with E-state index in [2.05, 4.69) is 4.98 Å². The molecule has 0 aliphatic carbocycles. The summed E-state index contributed by atoms with van der Waals surface area (Å²) in [5.74, 6) is -4.30. The highest BCUT2D eigenvalue weighted by Crippen LogP contribution is 2.41. The number of aromatic nitrogens is 1. The van der Waals surface area contributed by atoms with Crippen molar-refractivity contribution in [3.63, 3.8) is 0 Å². The monoisotopic (exact) mass is 553 g/mol. The Labute approximate surface area is 209 Å². The number of nitrogens with one attached hydrogen (secondary N) is 1. The number of carbonyl (C=O) groups excluding carboxylic acids is 2. The molecule has 1 heterocycles. The molecule has 0 fully saturated rings. The van der Waals surface area contributed by atoms with Crippen LogP contribution in [0, 0.1) is 11.6 Å². The fraction of sp³-hybridized carbons (Fsp3) is 0.0952. The topological polar surface area (TPSA) is 71.5 Å². The quantitative estimate of drug-likeness (QED) is 0.349. The minimum atomic E-state index is -4.67. The van der Waals surface area contributed by atoms with Gasteiger partial charge in [0.2, 0.25) is 5.88 Å². The minimum absolute atomic E-state index is 0.0260. The lowest BCUT2D eigenvalue weighted by molar-refractivity contribution is -0.137. The van der Waals surface area contributed by atoms with E-state index in [9.17, 15) is 31.5 Å². The highest BCUT2D eigenvalue weighted by atomic mass is 35.5. The van der Waals surface area contributed by atoms with Gasteiger partial charge in [-0.3, -0.25) is 15.0 Å². The first kappa shape index (κ1) is 26.5. The van der Waals surface area contributed by atoms with E-state index in [-0.39, 0.29) is 21.5 Å². The van der Waals surface area contributed by atoms with Crippen LogP contribution in [0.3, 0.4) is 0 Å². The zero-order valence-electron chi connectivity index (χ0n) is 17.2. The highest BCUT2D eigenvalue weighted by molar-refractivity contribution is 6.38. The maximum atomic E-state index is 13.8. The van der Waals surface area contributed by atoms with Gasteiger partial charge >= 0.3 is 12.2 Å². The Morgan fingerprint density at radius 3 is 2.09 bits per heavy atom. The summed E-state index contributed by atoms with van der Waals surface area (Å²) in [4.78, 5) is 28.9. The van der Waals surface area contributed by atoms with E-state index in [1.54, 1.807) is 0 Å². The van der Waals surface area contributed by atoms with Gasteiger partial charge in [0, 0.05) is 18.9 Å². The number of ether oxygens (including phenoxy) is 1. The van der Waals surface area contributed by atoms with E-state index in [4.69, 9.17) is 39.5 Å². The second-order valence-corrected chi connectivity index (χ2v) is 7.99. The minimum Gasteiger partial charge on any atom is -0.434 e. The van der Waals surface area contributed by atoms with Crippen LogP contribution in [0.15, 0.2) is 42.6 Å². The van der Waals surface area contributed by atoms with Gasteiger partial charge in [0.1, 0.15) is 22.2 Å². The molecule has 0 radical (unpaired) electrons. The Bertz CT molecular complexity index is 1280. The SMILES string of the molecule is CN(C(=O)NC(=O)c1c(F)cccc1F)c1cc(Cl)c(Oc2ncc(C(F)(F)F)cc2Cl)c(Cl)c1. The van der Waals surface area contributed by atoms with Crippen LogP contribution in [0.1, 0.15) is 15.9 Å². The molecule has 14 heteroatoms. The lowest BCUT2D eigenvalue weighted by Crippen LogP contribution is -2.41. The highest BCUT2D eigenvalue weighted by Gasteiger charge is 2.32. The van der Waals surface area contributed by atoms with Gasteiger partial charge < -0.3 is 4.74 Å². The maximum Gasteiger partial charge on any atom is 0.417 e. The average Bonchev–Trinajstić information content (AvgIpc) is 2.75. The molecule has 0 spiro atoms. The van der Waals surface area contributed by atoms with Crippen molar-refractivity contribution in [3.8, 4) is 11.6 Å². The number of anilines is 1. The molecule has 0 aliphatic heterocycles. The van der Waals surface area contributed by atoms with Gasteiger partial charge in [-0.2, -0.15) is 13.2 Å². The number of imide groups is 1. The first-order valence-corrected chi connectivity index (χ1v) is 10.4. The number of benzene rings is 2. The van der Waals surface area contributed by atoms with Crippen LogP contribution in [0.2, 0.25) is 15.1 Å². The lowest BCUT2D eigenvalue weighted by Gasteiger charge is -2.20. The molecule has 0 saturated heterocycles. The normalized spacial score (nSPS) is 11.2. The van der Waals surface area contributed by atoms with Crippen LogP contribution in [0.4, 0.5) is 32.4 Å². The number of pyridine rings is 1. The predicted octanol–water partition coefficient (Wildman–Crippen LogP) is 7.12. The zero-order valence-corrected chi connectivity index (χ0v) is 19.5. The molecule has 3 rings (SSSR count). The Morgan fingerprint density at radius 1 is 1.00 bits per heavy atom. The summed E-state index contributed by atoms with van der Waals surface area (Å²) in [6.45, 7) is 0. The van der Waals surface area contributed by atoms with E-state index >= 15 is 0 Å². The van der Waals surface area contributed by atoms with Gasteiger partial charge in [0.05, 0.1) is 15.6 Å². The molecule has 3 amide bonds. The van der Waals surface area contributed by atoms with Crippen molar-refractivity contribution in [1.29, 1.82) is 0 Å². The summed E-state index contributed by atoms with van der Waals surface area (Å²) in [5, 5.41) is 0.964. The van der Waals surface area contributed by atoms with E-state index in [0.29, 0.717) is 12.3 Å². The van der Waals surface area contributed by atoms with Crippen molar-refractivity contribution >= 4 is 52.4 Å².